The van der Waals surface area contributed by atoms with Crippen molar-refractivity contribution in [3.8, 4) is 11.5 Å². The van der Waals surface area contributed by atoms with Crippen LogP contribution in [0.3, 0.4) is 0 Å². The fourth-order valence-electron chi connectivity index (χ4n) is 4.93. The number of fused-ring (bicyclic) bond motifs is 1. The van der Waals surface area contributed by atoms with Gasteiger partial charge in [0.1, 0.15) is 5.92 Å². The fraction of sp³-hybridized carbons (Fsp3) is 0.300. The molecule has 10 nitrogen and oxygen atoms in total. The number of esters is 1. The minimum absolute atomic E-state index is 0.167. The van der Waals surface area contributed by atoms with Crippen LogP contribution in [0.25, 0.3) is 6.08 Å². The van der Waals surface area contributed by atoms with Gasteiger partial charge in [-0.05, 0) is 63.6 Å². The number of para-hydroxylation sites is 1. The zero-order valence-corrected chi connectivity index (χ0v) is 24.2. The first-order chi connectivity index (χ1) is 19.8. The second kappa shape index (κ2) is 11.5. The summed E-state index contributed by atoms with van der Waals surface area (Å²) in [5, 5.41) is 5.80. The molecule has 0 fully saturated rings. The molecule has 0 saturated heterocycles. The molecule has 2 aromatic carbocycles. The second-order valence-corrected chi connectivity index (χ2v) is 10.4. The Morgan fingerprint density at radius 3 is 2.49 bits per heavy atom. The normalized spacial score (nSPS) is 18.7. The molecule has 0 spiro atoms. The van der Waals surface area contributed by atoms with Gasteiger partial charge < -0.3 is 14.2 Å². The average molecular weight is 575 g/mol. The maximum Gasteiger partial charge on any atom is 0.338 e. The highest BCUT2D eigenvalue weighted by molar-refractivity contribution is 7.07. The zero-order valence-electron chi connectivity index (χ0n) is 23.4. The molecule has 0 saturated carbocycles. The van der Waals surface area contributed by atoms with Gasteiger partial charge in [0.2, 0.25) is 0 Å². The highest BCUT2D eigenvalue weighted by Crippen LogP contribution is 2.36. The number of nitrogens with zero attached hydrogens (tertiary/aromatic N) is 4. The molecule has 0 unspecified atom stereocenters. The lowest BCUT2D eigenvalue weighted by Gasteiger charge is -2.25. The lowest BCUT2D eigenvalue weighted by Crippen LogP contribution is -2.40. The predicted molar refractivity (Wildman–Crippen MR) is 156 cm³/mol. The Hall–Kier alpha value is -4.51. The molecule has 11 heteroatoms. The third-order valence-electron chi connectivity index (χ3n) is 6.82. The van der Waals surface area contributed by atoms with Crippen LogP contribution in [0, 0.1) is 5.92 Å². The number of hydrogen-bond acceptors (Lipinski definition) is 9. The molecule has 3 heterocycles. The SMILES string of the molecule is CCOC(=O)C1=C(C)N=c2s/c(=C/[C@H]3C(=O)N(c4ccccc4)N=C3C)c(=O)n2[C@@H]1c1ccc(OC)c(OCC)c1. The molecule has 2 aliphatic rings. The summed E-state index contributed by atoms with van der Waals surface area (Å²) >= 11 is 1.16. The number of methoxy groups -OCH3 is 1. The number of allylic oxidation sites excluding steroid dienone is 1. The molecule has 212 valence electrons. The smallest absolute Gasteiger partial charge is 0.338 e. The molecule has 2 atom stereocenters. The number of rotatable bonds is 8. The topological polar surface area (TPSA) is 112 Å². The molecule has 1 amide bonds. The van der Waals surface area contributed by atoms with Gasteiger partial charge in [-0.3, -0.25) is 14.2 Å². The second-order valence-electron chi connectivity index (χ2n) is 9.37. The monoisotopic (exact) mass is 574 g/mol. The van der Waals surface area contributed by atoms with E-state index in [4.69, 9.17) is 14.2 Å². The van der Waals surface area contributed by atoms with E-state index in [0.29, 0.717) is 50.1 Å². The summed E-state index contributed by atoms with van der Waals surface area (Å²) in [6, 6.07) is 13.6. The number of aromatic nitrogens is 1. The summed E-state index contributed by atoms with van der Waals surface area (Å²) in [6.07, 6.45) is 1.63. The number of amides is 1. The van der Waals surface area contributed by atoms with Crippen LogP contribution in [0.15, 0.2) is 74.7 Å². The van der Waals surface area contributed by atoms with Crippen LogP contribution in [0.1, 0.15) is 39.3 Å². The first-order valence-electron chi connectivity index (χ1n) is 13.2. The molecule has 0 radical (unpaired) electrons. The van der Waals surface area contributed by atoms with Crippen LogP contribution in [0.5, 0.6) is 11.5 Å². The largest absolute Gasteiger partial charge is 0.493 e. The quantitative estimate of drug-likeness (QED) is 0.382. The molecule has 2 aliphatic heterocycles. The Kier molecular flexibility index (Phi) is 7.89. The average Bonchev–Trinajstić information content (AvgIpc) is 3.43. The van der Waals surface area contributed by atoms with Crippen molar-refractivity contribution in [2.75, 3.05) is 25.3 Å². The van der Waals surface area contributed by atoms with Crippen molar-refractivity contribution in [2.45, 2.75) is 33.7 Å². The van der Waals surface area contributed by atoms with E-state index in [1.165, 1.54) is 9.58 Å². The first kappa shape index (κ1) is 28.0. The van der Waals surface area contributed by atoms with Crippen LogP contribution < -0.4 is 29.4 Å². The maximum atomic E-state index is 14.0. The highest BCUT2D eigenvalue weighted by atomic mass is 32.1. The molecule has 1 aromatic heterocycles. The third-order valence-corrected chi connectivity index (χ3v) is 7.82. The summed E-state index contributed by atoms with van der Waals surface area (Å²) in [5.74, 6) is -0.521. The molecule has 0 bridgehead atoms. The fourth-order valence-corrected chi connectivity index (χ4v) is 5.99. The van der Waals surface area contributed by atoms with E-state index in [2.05, 4.69) is 10.1 Å². The van der Waals surface area contributed by atoms with Crippen LogP contribution >= 0.6 is 11.3 Å². The number of benzene rings is 2. The number of carbonyl (C=O) groups excluding carboxylic acids is 2. The lowest BCUT2D eigenvalue weighted by atomic mass is 9.95. The standard InChI is InChI=1S/C30H30N4O6S/c1-6-39-23-15-19(13-14-22(23)38-5)26-25(29(37)40-7-2)18(4)31-30-33(26)28(36)24(41-30)16-21-17(3)32-34(27(21)35)20-11-9-8-10-12-20/h8-16,21,26H,6-7H2,1-5H3/b24-16+/t21-,26-/m1/s1. The van der Waals surface area contributed by atoms with Crippen molar-refractivity contribution in [2.24, 2.45) is 16.0 Å². The summed E-state index contributed by atoms with van der Waals surface area (Å²) in [5.41, 5.74) is 2.17. The van der Waals surface area contributed by atoms with Crippen molar-refractivity contribution in [1.82, 2.24) is 4.57 Å². The van der Waals surface area contributed by atoms with E-state index >= 15 is 0 Å². The lowest BCUT2D eigenvalue weighted by molar-refractivity contribution is -0.139. The van der Waals surface area contributed by atoms with Crippen LogP contribution in [0.2, 0.25) is 0 Å². The van der Waals surface area contributed by atoms with Crippen LogP contribution in [-0.4, -0.2) is 42.5 Å². The van der Waals surface area contributed by atoms with Crippen molar-refractivity contribution in [3.63, 3.8) is 0 Å². The van der Waals surface area contributed by atoms with Gasteiger partial charge >= 0.3 is 5.97 Å². The summed E-state index contributed by atoms with van der Waals surface area (Å²) in [7, 11) is 1.54. The van der Waals surface area contributed by atoms with Crippen molar-refractivity contribution < 1.29 is 23.8 Å². The highest BCUT2D eigenvalue weighted by Gasteiger charge is 2.36. The van der Waals surface area contributed by atoms with E-state index in [1.54, 1.807) is 64.3 Å². The van der Waals surface area contributed by atoms with E-state index < -0.39 is 17.9 Å². The van der Waals surface area contributed by atoms with E-state index in [-0.39, 0.29) is 23.6 Å². The number of ether oxygens (including phenoxy) is 3. The number of hydrogen-bond donors (Lipinski definition) is 0. The Morgan fingerprint density at radius 1 is 1.05 bits per heavy atom. The minimum Gasteiger partial charge on any atom is -0.493 e. The van der Waals surface area contributed by atoms with Gasteiger partial charge in [0.25, 0.3) is 11.5 Å². The summed E-state index contributed by atoms with van der Waals surface area (Å²) < 4.78 is 18.4. The summed E-state index contributed by atoms with van der Waals surface area (Å²) in [4.78, 5) is 45.6. The Bertz CT molecular complexity index is 1760. The van der Waals surface area contributed by atoms with Gasteiger partial charge in [-0.15, -0.1) is 0 Å². The molecule has 3 aromatic rings. The van der Waals surface area contributed by atoms with Gasteiger partial charge in [-0.25, -0.2) is 9.79 Å². The Balaban J connectivity index is 1.65. The predicted octanol–water partition coefficient (Wildman–Crippen LogP) is 3.20. The van der Waals surface area contributed by atoms with Crippen LogP contribution in [-0.2, 0) is 14.3 Å². The molecule has 0 N–H and O–H groups in total. The number of hydrazone groups is 1. The van der Waals surface area contributed by atoms with Crippen molar-refractivity contribution in [1.29, 1.82) is 0 Å². The van der Waals surface area contributed by atoms with Crippen molar-refractivity contribution >= 4 is 40.7 Å². The third kappa shape index (κ3) is 5.08. The Labute approximate surface area is 240 Å². The number of carbonyl (C=O) groups is 2. The molecule has 5 rings (SSSR count). The van der Waals surface area contributed by atoms with E-state index in [1.807, 2.05) is 25.1 Å². The number of thiazole rings is 1. The maximum absolute atomic E-state index is 14.0. The van der Waals surface area contributed by atoms with Crippen LogP contribution in [0.4, 0.5) is 5.69 Å². The van der Waals surface area contributed by atoms with Crippen molar-refractivity contribution in [3.05, 3.63) is 85.1 Å². The van der Waals surface area contributed by atoms with Gasteiger partial charge in [0.05, 0.1) is 53.6 Å². The van der Waals surface area contributed by atoms with Gasteiger partial charge in [0, 0.05) is 0 Å². The molecule has 41 heavy (non-hydrogen) atoms. The molecular formula is C30H30N4O6S. The number of anilines is 1. The van der Waals surface area contributed by atoms with Gasteiger partial charge in [0.15, 0.2) is 16.3 Å². The first-order valence-corrected chi connectivity index (χ1v) is 14.0. The molecule has 0 aliphatic carbocycles. The van der Waals surface area contributed by atoms with Gasteiger partial charge in [-0.2, -0.15) is 10.1 Å². The van der Waals surface area contributed by atoms with Gasteiger partial charge in [-0.1, -0.05) is 35.6 Å². The minimum atomic E-state index is -0.826. The van der Waals surface area contributed by atoms with E-state index in [0.717, 1.165) is 11.3 Å². The summed E-state index contributed by atoms with van der Waals surface area (Å²) in [6.45, 7) is 7.63. The Morgan fingerprint density at radius 2 is 1.80 bits per heavy atom. The molecular weight excluding hydrogens is 544 g/mol. The van der Waals surface area contributed by atoms with E-state index in [9.17, 15) is 14.4 Å². The zero-order chi connectivity index (χ0) is 29.3.